The summed E-state index contributed by atoms with van der Waals surface area (Å²) < 4.78 is 9.86. The van der Waals surface area contributed by atoms with E-state index >= 15 is 0 Å². The standard InChI is InChI=1S/C16H24N4O3.HI/c1-17-16(19-11-12-4-5-14(22-2)18-10-12)20-8-6-13(7-9-20)15(21)23-3;/h4-5,10,13H,6-9,11H2,1-3H3,(H,17,19);1H. The van der Waals surface area contributed by atoms with Gasteiger partial charge in [-0.25, -0.2) is 4.98 Å². The maximum absolute atomic E-state index is 11.6. The van der Waals surface area contributed by atoms with Crippen molar-refractivity contribution in [3.63, 3.8) is 0 Å². The minimum atomic E-state index is -0.114. The second-order valence-corrected chi connectivity index (χ2v) is 5.39. The van der Waals surface area contributed by atoms with Crippen LogP contribution in [0, 0.1) is 5.92 Å². The number of carbonyl (C=O) groups excluding carboxylic acids is 1. The fourth-order valence-electron chi connectivity index (χ4n) is 2.64. The Morgan fingerprint density at radius 3 is 2.58 bits per heavy atom. The third-order valence-corrected chi connectivity index (χ3v) is 4.00. The molecule has 24 heavy (non-hydrogen) atoms. The Kier molecular flexibility index (Phi) is 8.80. The van der Waals surface area contributed by atoms with E-state index in [4.69, 9.17) is 9.47 Å². The number of esters is 1. The highest BCUT2D eigenvalue weighted by molar-refractivity contribution is 14.0. The van der Waals surface area contributed by atoms with Crippen LogP contribution < -0.4 is 10.1 Å². The lowest BCUT2D eigenvalue weighted by Gasteiger charge is -2.33. The number of carbonyl (C=O) groups is 1. The zero-order valence-electron chi connectivity index (χ0n) is 14.3. The van der Waals surface area contributed by atoms with Crippen molar-refractivity contribution in [1.82, 2.24) is 15.2 Å². The molecule has 8 heteroatoms. The van der Waals surface area contributed by atoms with Crippen molar-refractivity contribution in [2.45, 2.75) is 19.4 Å². The van der Waals surface area contributed by atoms with E-state index in [2.05, 4.69) is 20.2 Å². The number of guanidine groups is 1. The number of hydrogen-bond donors (Lipinski definition) is 1. The predicted octanol–water partition coefficient (Wildman–Crippen LogP) is 1.67. The summed E-state index contributed by atoms with van der Waals surface area (Å²) in [5.41, 5.74) is 1.05. The van der Waals surface area contributed by atoms with Crippen molar-refractivity contribution >= 4 is 35.9 Å². The molecule has 1 aromatic heterocycles. The average molecular weight is 448 g/mol. The molecule has 2 heterocycles. The quantitative estimate of drug-likeness (QED) is 0.327. The van der Waals surface area contributed by atoms with Crippen LogP contribution in [0.4, 0.5) is 0 Å². The van der Waals surface area contributed by atoms with Gasteiger partial charge in [0.1, 0.15) is 0 Å². The van der Waals surface area contributed by atoms with Crippen LogP contribution in [-0.2, 0) is 16.1 Å². The van der Waals surface area contributed by atoms with Crippen LogP contribution in [0.2, 0.25) is 0 Å². The van der Waals surface area contributed by atoms with Crippen LogP contribution in [0.5, 0.6) is 5.88 Å². The van der Waals surface area contributed by atoms with E-state index in [1.165, 1.54) is 7.11 Å². The Hall–Kier alpha value is -1.58. The molecule has 2 rings (SSSR count). The maximum Gasteiger partial charge on any atom is 0.308 e. The number of methoxy groups -OCH3 is 2. The zero-order valence-corrected chi connectivity index (χ0v) is 16.6. The molecule has 0 spiro atoms. The van der Waals surface area contributed by atoms with Crippen LogP contribution in [0.15, 0.2) is 23.3 Å². The minimum Gasteiger partial charge on any atom is -0.481 e. The predicted molar refractivity (Wildman–Crippen MR) is 103 cm³/mol. The zero-order chi connectivity index (χ0) is 16.7. The van der Waals surface area contributed by atoms with Gasteiger partial charge in [0, 0.05) is 38.9 Å². The smallest absolute Gasteiger partial charge is 0.308 e. The van der Waals surface area contributed by atoms with Gasteiger partial charge in [0.15, 0.2) is 5.96 Å². The third-order valence-electron chi connectivity index (χ3n) is 4.00. The summed E-state index contributed by atoms with van der Waals surface area (Å²) >= 11 is 0. The van der Waals surface area contributed by atoms with E-state index in [1.807, 2.05) is 12.1 Å². The number of halogens is 1. The molecule has 0 amide bonds. The van der Waals surface area contributed by atoms with Crippen molar-refractivity contribution in [1.29, 1.82) is 0 Å². The van der Waals surface area contributed by atoms with Crippen molar-refractivity contribution in [3.8, 4) is 5.88 Å². The normalized spacial score (nSPS) is 15.5. The summed E-state index contributed by atoms with van der Waals surface area (Å²) in [6, 6.07) is 3.80. The van der Waals surface area contributed by atoms with Crippen LogP contribution in [0.25, 0.3) is 0 Å². The average Bonchev–Trinajstić information content (AvgIpc) is 2.62. The molecule has 7 nitrogen and oxygen atoms in total. The summed E-state index contributed by atoms with van der Waals surface area (Å²) in [7, 11) is 4.80. The molecule has 0 saturated carbocycles. The van der Waals surface area contributed by atoms with Gasteiger partial charge >= 0.3 is 5.97 Å². The first-order valence-corrected chi connectivity index (χ1v) is 7.70. The van der Waals surface area contributed by atoms with Gasteiger partial charge in [0.2, 0.25) is 5.88 Å². The molecule has 0 bridgehead atoms. The fraction of sp³-hybridized carbons (Fsp3) is 0.562. The number of piperidine rings is 1. The molecule has 1 aliphatic rings. The van der Waals surface area contributed by atoms with E-state index < -0.39 is 0 Å². The number of nitrogens with one attached hydrogen (secondary N) is 1. The van der Waals surface area contributed by atoms with Gasteiger partial charge in [-0.1, -0.05) is 6.07 Å². The van der Waals surface area contributed by atoms with Gasteiger partial charge in [0.05, 0.1) is 20.1 Å². The van der Waals surface area contributed by atoms with E-state index in [0.717, 1.165) is 37.5 Å². The molecule has 1 aromatic rings. The summed E-state index contributed by atoms with van der Waals surface area (Å²) in [4.78, 5) is 22.2. The molecule has 0 atom stereocenters. The van der Waals surface area contributed by atoms with Crippen LogP contribution in [-0.4, -0.2) is 56.2 Å². The van der Waals surface area contributed by atoms with Gasteiger partial charge in [-0.3, -0.25) is 9.79 Å². The molecular formula is C16H25IN4O3. The van der Waals surface area contributed by atoms with Gasteiger partial charge < -0.3 is 19.7 Å². The minimum absolute atomic E-state index is 0. The molecule has 1 N–H and O–H groups in total. The van der Waals surface area contributed by atoms with Crippen molar-refractivity contribution in [3.05, 3.63) is 23.9 Å². The molecule has 0 radical (unpaired) electrons. The number of ether oxygens (including phenoxy) is 2. The van der Waals surface area contributed by atoms with Crippen molar-refractivity contribution in [2.24, 2.45) is 10.9 Å². The number of aromatic nitrogens is 1. The van der Waals surface area contributed by atoms with Gasteiger partial charge in [-0.15, -0.1) is 24.0 Å². The number of rotatable bonds is 4. The fourth-order valence-corrected chi connectivity index (χ4v) is 2.64. The van der Waals surface area contributed by atoms with E-state index in [-0.39, 0.29) is 35.9 Å². The topological polar surface area (TPSA) is 76.1 Å². The second-order valence-electron chi connectivity index (χ2n) is 5.39. The Labute approximate surface area is 159 Å². The Balaban J connectivity index is 0.00000288. The highest BCUT2D eigenvalue weighted by Gasteiger charge is 2.26. The number of aliphatic imine (C=N–C) groups is 1. The van der Waals surface area contributed by atoms with Crippen LogP contribution in [0.1, 0.15) is 18.4 Å². The SMILES string of the molecule is CN=C(NCc1ccc(OC)nc1)N1CCC(C(=O)OC)CC1.I. The lowest BCUT2D eigenvalue weighted by Crippen LogP contribution is -2.46. The highest BCUT2D eigenvalue weighted by atomic mass is 127. The summed E-state index contributed by atoms with van der Waals surface area (Å²) in [6.07, 6.45) is 3.36. The van der Waals surface area contributed by atoms with Crippen molar-refractivity contribution < 1.29 is 14.3 Å². The summed E-state index contributed by atoms with van der Waals surface area (Å²) in [6.45, 7) is 2.22. The van der Waals surface area contributed by atoms with Gasteiger partial charge in [-0.05, 0) is 18.4 Å². The molecule has 0 aliphatic carbocycles. The highest BCUT2D eigenvalue weighted by Crippen LogP contribution is 2.18. The van der Waals surface area contributed by atoms with Crippen molar-refractivity contribution in [2.75, 3.05) is 34.4 Å². The molecule has 1 aliphatic heterocycles. The lowest BCUT2D eigenvalue weighted by molar-refractivity contribution is -0.146. The number of likely N-dealkylation sites (tertiary alicyclic amines) is 1. The van der Waals surface area contributed by atoms with E-state index in [1.54, 1.807) is 20.4 Å². The Bertz CT molecular complexity index is 543. The summed E-state index contributed by atoms with van der Waals surface area (Å²) in [5, 5.41) is 3.33. The van der Waals surface area contributed by atoms with E-state index in [9.17, 15) is 4.79 Å². The van der Waals surface area contributed by atoms with Crippen LogP contribution >= 0.6 is 24.0 Å². The molecular weight excluding hydrogens is 423 g/mol. The first-order valence-electron chi connectivity index (χ1n) is 7.70. The lowest BCUT2D eigenvalue weighted by atomic mass is 9.97. The first-order chi connectivity index (χ1) is 11.2. The third kappa shape index (κ3) is 5.50. The first kappa shape index (κ1) is 20.5. The van der Waals surface area contributed by atoms with E-state index in [0.29, 0.717) is 12.4 Å². The molecule has 1 fully saturated rings. The number of hydrogen-bond acceptors (Lipinski definition) is 5. The second kappa shape index (κ2) is 10.3. The largest absolute Gasteiger partial charge is 0.481 e. The summed E-state index contributed by atoms with van der Waals surface area (Å²) in [5.74, 6) is 1.32. The Morgan fingerprint density at radius 2 is 2.08 bits per heavy atom. The van der Waals surface area contributed by atoms with Crippen LogP contribution in [0.3, 0.4) is 0 Å². The monoisotopic (exact) mass is 448 g/mol. The molecule has 1 saturated heterocycles. The molecule has 0 aromatic carbocycles. The van der Waals surface area contributed by atoms with Gasteiger partial charge in [0.25, 0.3) is 0 Å². The molecule has 0 unspecified atom stereocenters. The maximum atomic E-state index is 11.6. The Morgan fingerprint density at radius 1 is 1.38 bits per heavy atom. The number of nitrogens with zero attached hydrogens (tertiary/aromatic N) is 3. The molecule has 134 valence electrons. The number of pyridine rings is 1. The van der Waals surface area contributed by atoms with Gasteiger partial charge in [-0.2, -0.15) is 0 Å².